The average Bonchev–Trinajstić information content (AvgIpc) is 3.36. The number of piperidine rings is 1. The summed E-state index contributed by atoms with van der Waals surface area (Å²) in [4.78, 5) is 26.6. The molecule has 3 aromatic rings. The first-order valence-corrected chi connectivity index (χ1v) is 13.5. The minimum absolute atomic E-state index is 0.0736. The second-order valence-corrected chi connectivity index (χ2v) is 10.6. The van der Waals surface area contributed by atoms with E-state index in [2.05, 4.69) is 25.6 Å². The average molecular weight is 527 g/mol. The van der Waals surface area contributed by atoms with Crippen LogP contribution in [0.5, 0.6) is 5.75 Å². The third-order valence-corrected chi connectivity index (χ3v) is 7.98. The molecule has 11 heteroatoms. The molecule has 5 rings (SSSR count). The summed E-state index contributed by atoms with van der Waals surface area (Å²) in [5.41, 5.74) is 1.04. The highest BCUT2D eigenvalue weighted by atomic mass is 32.1. The molecule has 0 radical (unpaired) electrons. The number of carbonyl (C=O) groups excluding carboxylic acids is 1. The topological polar surface area (TPSA) is 122 Å². The van der Waals surface area contributed by atoms with Gasteiger partial charge in [-0.25, -0.2) is 19.3 Å². The summed E-state index contributed by atoms with van der Waals surface area (Å²) >= 11 is 1.15. The number of methoxy groups -OCH3 is 1. The summed E-state index contributed by atoms with van der Waals surface area (Å²) in [5.74, 6) is 0.331. The highest BCUT2D eigenvalue weighted by molar-refractivity contribution is 7.20. The van der Waals surface area contributed by atoms with Crippen molar-refractivity contribution in [3.05, 3.63) is 35.4 Å². The van der Waals surface area contributed by atoms with Crippen molar-refractivity contribution >= 4 is 44.7 Å². The predicted molar refractivity (Wildman–Crippen MR) is 141 cm³/mol. The van der Waals surface area contributed by atoms with Crippen LogP contribution in [0, 0.1) is 17.1 Å². The summed E-state index contributed by atoms with van der Waals surface area (Å²) in [7, 11) is 1.70. The van der Waals surface area contributed by atoms with E-state index in [4.69, 9.17) is 14.9 Å². The molecule has 2 fully saturated rings. The number of hydrogen-bond donors (Lipinski definition) is 3. The van der Waals surface area contributed by atoms with Gasteiger partial charge in [-0.2, -0.15) is 0 Å². The molecule has 2 atom stereocenters. The van der Waals surface area contributed by atoms with E-state index in [0.717, 1.165) is 63.0 Å². The van der Waals surface area contributed by atoms with Gasteiger partial charge in [0.25, 0.3) is 0 Å². The number of thiazole rings is 1. The first-order chi connectivity index (χ1) is 18.0. The smallest absolute Gasteiger partial charge is 0.235 e. The maximum absolute atomic E-state index is 14.1. The van der Waals surface area contributed by atoms with Crippen molar-refractivity contribution in [3.63, 3.8) is 0 Å². The van der Waals surface area contributed by atoms with Crippen LogP contribution in [-0.2, 0) is 4.74 Å². The van der Waals surface area contributed by atoms with Crippen LogP contribution in [-0.4, -0.2) is 58.9 Å². The van der Waals surface area contributed by atoms with Gasteiger partial charge in [0, 0.05) is 19.6 Å². The molecule has 0 amide bonds. The van der Waals surface area contributed by atoms with Gasteiger partial charge in [-0.05, 0) is 69.7 Å². The second kappa shape index (κ2) is 11.6. The zero-order valence-corrected chi connectivity index (χ0v) is 21.6. The molecule has 0 spiro atoms. The maximum Gasteiger partial charge on any atom is 0.235 e. The molecule has 1 aliphatic heterocycles. The van der Waals surface area contributed by atoms with Crippen molar-refractivity contribution < 1.29 is 18.7 Å². The van der Waals surface area contributed by atoms with Crippen molar-refractivity contribution in [3.8, 4) is 5.75 Å². The van der Waals surface area contributed by atoms with E-state index in [1.807, 2.05) is 0 Å². The maximum atomic E-state index is 14.1. The van der Waals surface area contributed by atoms with E-state index < -0.39 is 5.82 Å². The van der Waals surface area contributed by atoms with Crippen LogP contribution in [0.25, 0.3) is 10.3 Å². The summed E-state index contributed by atoms with van der Waals surface area (Å²) in [6.07, 6.45) is 7.40. The normalized spacial score (nSPS) is 20.6. The van der Waals surface area contributed by atoms with Gasteiger partial charge in [0.1, 0.15) is 34.3 Å². The van der Waals surface area contributed by atoms with Gasteiger partial charge in [0.2, 0.25) is 5.78 Å². The van der Waals surface area contributed by atoms with E-state index in [1.165, 1.54) is 18.5 Å². The van der Waals surface area contributed by atoms with Crippen LogP contribution in [0.3, 0.4) is 0 Å². The second-order valence-electron chi connectivity index (χ2n) is 9.63. The molecule has 1 aromatic carbocycles. The molecule has 3 N–H and O–H groups in total. The molecule has 9 nitrogen and oxygen atoms in total. The molecule has 1 aliphatic carbocycles. The lowest BCUT2D eigenvalue weighted by atomic mass is 9.91. The van der Waals surface area contributed by atoms with Crippen LogP contribution < -0.4 is 15.4 Å². The minimum atomic E-state index is -0.402. The summed E-state index contributed by atoms with van der Waals surface area (Å²) in [6, 6.07) is 4.31. The number of fused-ring (bicyclic) bond motifs is 1. The van der Waals surface area contributed by atoms with Gasteiger partial charge >= 0.3 is 0 Å². The zero-order valence-electron chi connectivity index (χ0n) is 20.8. The van der Waals surface area contributed by atoms with Gasteiger partial charge in [0.15, 0.2) is 10.8 Å². The number of rotatable bonds is 9. The van der Waals surface area contributed by atoms with E-state index in [9.17, 15) is 9.18 Å². The fraction of sp³-hybridized carbons (Fsp3) is 0.500. The Morgan fingerprint density at radius 2 is 2.03 bits per heavy atom. The number of nitrogens with zero attached hydrogens (tertiary/aromatic N) is 3. The lowest BCUT2D eigenvalue weighted by Gasteiger charge is -2.29. The number of benzene rings is 1. The Kier molecular flexibility index (Phi) is 8.02. The largest absolute Gasteiger partial charge is 0.488 e. The number of nitrogens with one attached hydrogen (secondary N) is 3. The molecule has 2 aliphatic rings. The number of halogens is 1. The van der Waals surface area contributed by atoms with Crippen molar-refractivity contribution in [1.29, 1.82) is 5.41 Å². The summed E-state index contributed by atoms with van der Waals surface area (Å²) in [5, 5.41) is 15.1. The van der Waals surface area contributed by atoms with E-state index in [1.54, 1.807) is 13.2 Å². The number of aromatic nitrogens is 3. The van der Waals surface area contributed by atoms with Gasteiger partial charge in [0.05, 0.1) is 17.5 Å². The Morgan fingerprint density at radius 3 is 2.84 bits per heavy atom. The Labute approximate surface area is 218 Å². The Hall–Kier alpha value is -3.02. The SMILES string of the molecule is CO[C@@H]1CCC[C@H](Oc2cc(F)ccc2Nc2ncnc3sc(C(=O)C(=N)CC4CCNCC4)nc23)C1. The number of anilines is 2. The molecule has 0 unspecified atom stereocenters. The number of Topliss-reactive ketones (excluding diaryl/α,β-unsaturated/α-hetero) is 1. The molecule has 2 aromatic heterocycles. The highest BCUT2D eigenvalue weighted by Crippen LogP contribution is 2.34. The van der Waals surface area contributed by atoms with Crippen molar-refractivity contribution in [2.75, 3.05) is 25.5 Å². The first-order valence-electron chi connectivity index (χ1n) is 12.7. The van der Waals surface area contributed by atoms with Crippen LogP contribution in [0.15, 0.2) is 24.5 Å². The fourth-order valence-corrected chi connectivity index (χ4v) is 5.84. The first kappa shape index (κ1) is 25.6. The Bertz CT molecular complexity index is 1280. The third-order valence-electron chi connectivity index (χ3n) is 7.02. The standard InChI is InChI=1S/C26H31FN6O3S/c1-35-17-3-2-4-18(13-17)36-21-12-16(27)5-6-20(21)32-24-22-25(31-14-30-24)37-26(33-22)23(34)19(28)11-15-7-9-29-10-8-15/h5-6,12,14-15,17-18,28-29H,2-4,7-11,13H2,1H3,(H,30,31,32)/t17-,18+/m1/s1. The van der Waals surface area contributed by atoms with Crippen molar-refractivity contribution in [2.24, 2.45) is 5.92 Å². The van der Waals surface area contributed by atoms with Crippen LogP contribution in [0.2, 0.25) is 0 Å². The molecular formula is C26H31FN6O3S. The number of hydrogen-bond acceptors (Lipinski definition) is 10. The van der Waals surface area contributed by atoms with Crippen LogP contribution >= 0.6 is 11.3 Å². The van der Waals surface area contributed by atoms with Gasteiger partial charge in [-0.3, -0.25) is 4.79 Å². The fourth-order valence-electron chi connectivity index (χ4n) is 4.97. The Balaban J connectivity index is 1.35. The lowest BCUT2D eigenvalue weighted by Crippen LogP contribution is -2.30. The van der Waals surface area contributed by atoms with Crippen LogP contribution in [0.4, 0.5) is 15.9 Å². The van der Waals surface area contributed by atoms with E-state index in [-0.39, 0.29) is 28.7 Å². The van der Waals surface area contributed by atoms with E-state index >= 15 is 0 Å². The molecule has 1 saturated carbocycles. The van der Waals surface area contributed by atoms with Gasteiger partial charge in [-0.1, -0.05) is 11.3 Å². The minimum Gasteiger partial charge on any atom is -0.488 e. The molecule has 3 heterocycles. The van der Waals surface area contributed by atoms with Crippen molar-refractivity contribution in [2.45, 2.75) is 57.2 Å². The highest BCUT2D eigenvalue weighted by Gasteiger charge is 2.26. The quantitative estimate of drug-likeness (QED) is 0.266. The molecule has 0 bridgehead atoms. The Morgan fingerprint density at radius 1 is 1.22 bits per heavy atom. The van der Waals surface area contributed by atoms with Crippen molar-refractivity contribution in [1.82, 2.24) is 20.3 Å². The van der Waals surface area contributed by atoms with Crippen LogP contribution in [0.1, 0.15) is 54.7 Å². The molecular weight excluding hydrogens is 495 g/mol. The third kappa shape index (κ3) is 6.11. The number of carbonyl (C=O) groups is 1. The zero-order chi connectivity index (χ0) is 25.8. The van der Waals surface area contributed by atoms with Gasteiger partial charge < -0.3 is 25.5 Å². The lowest BCUT2D eigenvalue weighted by molar-refractivity contribution is 0.0211. The number of ketones is 1. The van der Waals surface area contributed by atoms with E-state index in [0.29, 0.717) is 39.9 Å². The monoisotopic (exact) mass is 526 g/mol. The predicted octanol–water partition coefficient (Wildman–Crippen LogP) is 4.90. The number of ether oxygens (including phenoxy) is 2. The molecule has 1 saturated heterocycles. The summed E-state index contributed by atoms with van der Waals surface area (Å²) < 4.78 is 25.8. The van der Waals surface area contributed by atoms with Gasteiger partial charge in [-0.15, -0.1) is 0 Å². The molecule has 37 heavy (non-hydrogen) atoms. The molecule has 196 valence electrons. The summed E-state index contributed by atoms with van der Waals surface area (Å²) in [6.45, 7) is 1.83.